The zero-order chi connectivity index (χ0) is 23.0. The van der Waals surface area contributed by atoms with E-state index in [2.05, 4.69) is 18.3 Å². The van der Waals surface area contributed by atoms with Gasteiger partial charge in [-0.2, -0.15) is 0 Å². The molecule has 2 aromatic carbocycles. The Morgan fingerprint density at radius 2 is 1.67 bits per heavy atom. The van der Waals surface area contributed by atoms with Gasteiger partial charge in [-0.25, -0.2) is 0 Å². The van der Waals surface area contributed by atoms with Crippen molar-refractivity contribution >= 4 is 23.2 Å². The molecule has 0 heterocycles. The van der Waals surface area contributed by atoms with Gasteiger partial charge in [-0.3, -0.25) is 0 Å². The average Bonchev–Trinajstić information content (AvgIpc) is 2.76. The summed E-state index contributed by atoms with van der Waals surface area (Å²) in [5.41, 5.74) is 2.62. The fourth-order valence-corrected chi connectivity index (χ4v) is 7.60. The lowest BCUT2D eigenvalue weighted by molar-refractivity contribution is -0.0706. The van der Waals surface area contributed by atoms with Gasteiger partial charge in [0.15, 0.2) is 11.5 Å². The number of ether oxygens (including phenoxy) is 2. The van der Waals surface area contributed by atoms with Crippen molar-refractivity contribution in [3.8, 4) is 11.5 Å². The Hall–Kier alpha value is -1.42. The molecule has 3 nitrogen and oxygen atoms in total. The topological polar surface area (TPSA) is 30.5 Å². The van der Waals surface area contributed by atoms with Crippen LogP contribution in [0.4, 0.5) is 0 Å². The first-order valence-electron chi connectivity index (χ1n) is 12.5. The summed E-state index contributed by atoms with van der Waals surface area (Å²) < 4.78 is 12.0. The van der Waals surface area contributed by atoms with E-state index in [1.807, 2.05) is 37.3 Å². The van der Waals surface area contributed by atoms with E-state index in [9.17, 15) is 0 Å². The molecule has 0 aliphatic heterocycles. The van der Waals surface area contributed by atoms with Gasteiger partial charge in [-0.15, -0.1) is 0 Å². The van der Waals surface area contributed by atoms with Crippen LogP contribution in [-0.4, -0.2) is 12.6 Å². The molecule has 4 fully saturated rings. The highest BCUT2D eigenvalue weighted by Gasteiger charge is 2.52. The molecule has 1 unspecified atom stereocenters. The minimum absolute atomic E-state index is 0.390. The molecule has 5 heteroatoms. The SMILES string of the molecule is CCOc1cc(CNC(C)C23CC4CC(CC(C4)C2)C3)cc(Cl)c1OCc1cccc(Cl)c1. The second-order valence-electron chi connectivity index (χ2n) is 10.6. The van der Waals surface area contributed by atoms with Crippen LogP contribution in [0, 0.1) is 23.2 Å². The van der Waals surface area contributed by atoms with Crippen LogP contribution in [0.2, 0.25) is 10.0 Å². The van der Waals surface area contributed by atoms with Gasteiger partial charge in [0.2, 0.25) is 0 Å². The normalized spacial score (nSPS) is 28.7. The van der Waals surface area contributed by atoms with Gasteiger partial charge in [0.1, 0.15) is 6.61 Å². The van der Waals surface area contributed by atoms with Gasteiger partial charge in [0, 0.05) is 17.6 Å². The zero-order valence-electron chi connectivity index (χ0n) is 19.7. The number of hydrogen-bond acceptors (Lipinski definition) is 3. The van der Waals surface area contributed by atoms with Crippen molar-refractivity contribution in [2.24, 2.45) is 23.2 Å². The third-order valence-electron chi connectivity index (χ3n) is 8.26. The Morgan fingerprint density at radius 1 is 0.970 bits per heavy atom. The van der Waals surface area contributed by atoms with Crippen LogP contribution in [-0.2, 0) is 13.2 Å². The van der Waals surface area contributed by atoms with Crippen molar-refractivity contribution in [2.75, 3.05) is 6.61 Å². The molecule has 0 spiro atoms. The summed E-state index contributed by atoms with van der Waals surface area (Å²) in [4.78, 5) is 0. The Labute approximate surface area is 208 Å². The maximum Gasteiger partial charge on any atom is 0.180 e. The summed E-state index contributed by atoms with van der Waals surface area (Å²) in [6.45, 7) is 6.12. The molecule has 4 saturated carbocycles. The molecular formula is C28H35Cl2NO2. The molecule has 0 aromatic heterocycles. The molecule has 1 atom stereocenters. The number of hydrogen-bond donors (Lipinski definition) is 1. The smallest absolute Gasteiger partial charge is 0.180 e. The highest BCUT2D eigenvalue weighted by molar-refractivity contribution is 6.32. The van der Waals surface area contributed by atoms with E-state index >= 15 is 0 Å². The Balaban J connectivity index is 1.27. The number of rotatable bonds is 9. The van der Waals surface area contributed by atoms with E-state index in [0.29, 0.717) is 46.2 Å². The molecule has 0 saturated heterocycles. The van der Waals surface area contributed by atoms with E-state index in [1.54, 1.807) is 0 Å². The average molecular weight is 488 g/mol. The third-order valence-corrected chi connectivity index (χ3v) is 8.77. The molecule has 4 aliphatic carbocycles. The maximum absolute atomic E-state index is 6.68. The van der Waals surface area contributed by atoms with Crippen molar-refractivity contribution in [3.63, 3.8) is 0 Å². The van der Waals surface area contributed by atoms with Crippen LogP contribution in [0.5, 0.6) is 11.5 Å². The second kappa shape index (κ2) is 9.68. The van der Waals surface area contributed by atoms with Crippen molar-refractivity contribution in [1.82, 2.24) is 5.32 Å². The van der Waals surface area contributed by atoms with Crippen molar-refractivity contribution < 1.29 is 9.47 Å². The second-order valence-corrected chi connectivity index (χ2v) is 11.5. The lowest BCUT2D eigenvalue weighted by Gasteiger charge is -2.59. The molecule has 33 heavy (non-hydrogen) atoms. The van der Waals surface area contributed by atoms with E-state index < -0.39 is 0 Å². The monoisotopic (exact) mass is 487 g/mol. The molecule has 1 N–H and O–H groups in total. The van der Waals surface area contributed by atoms with Gasteiger partial charge in [-0.05, 0) is 111 Å². The molecule has 2 aromatic rings. The van der Waals surface area contributed by atoms with Crippen molar-refractivity contribution in [1.29, 1.82) is 0 Å². The summed E-state index contributed by atoms with van der Waals surface area (Å²) in [5, 5.41) is 5.15. The predicted octanol–water partition coefficient (Wildman–Crippen LogP) is 7.67. The highest BCUT2D eigenvalue weighted by Crippen LogP contribution is 2.61. The van der Waals surface area contributed by atoms with Crippen LogP contribution < -0.4 is 14.8 Å². The van der Waals surface area contributed by atoms with Crippen LogP contribution in [0.1, 0.15) is 63.5 Å². The van der Waals surface area contributed by atoms with E-state index in [1.165, 1.54) is 38.5 Å². The van der Waals surface area contributed by atoms with Gasteiger partial charge in [0.25, 0.3) is 0 Å². The van der Waals surface area contributed by atoms with Gasteiger partial charge >= 0.3 is 0 Å². The molecule has 4 bridgehead atoms. The lowest BCUT2D eigenvalue weighted by Crippen LogP contribution is -2.54. The molecule has 6 rings (SSSR count). The van der Waals surface area contributed by atoms with Crippen LogP contribution in [0.3, 0.4) is 0 Å². The predicted molar refractivity (Wildman–Crippen MR) is 135 cm³/mol. The maximum atomic E-state index is 6.68. The first-order chi connectivity index (χ1) is 15.9. The number of halogens is 2. The van der Waals surface area contributed by atoms with E-state index in [4.69, 9.17) is 32.7 Å². The van der Waals surface area contributed by atoms with Crippen LogP contribution in [0.15, 0.2) is 36.4 Å². The van der Waals surface area contributed by atoms with E-state index in [0.717, 1.165) is 35.4 Å². The summed E-state index contributed by atoms with van der Waals surface area (Å²) in [5.74, 6) is 4.20. The van der Waals surface area contributed by atoms with E-state index in [-0.39, 0.29) is 0 Å². The largest absolute Gasteiger partial charge is 0.490 e. The van der Waals surface area contributed by atoms with Gasteiger partial charge in [-0.1, -0.05) is 35.3 Å². The summed E-state index contributed by atoms with van der Waals surface area (Å²) in [7, 11) is 0. The molecular weight excluding hydrogens is 453 g/mol. The minimum Gasteiger partial charge on any atom is -0.490 e. The molecule has 0 radical (unpaired) electrons. The summed E-state index contributed by atoms with van der Waals surface area (Å²) in [6, 6.07) is 12.3. The summed E-state index contributed by atoms with van der Waals surface area (Å²) >= 11 is 12.8. The number of benzene rings is 2. The molecule has 4 aliphatic rings. The molecule has 178 valence electrons. The first kappa shape index (κ1) is 23.3. The Morgan fingerprint density at radius 3 is 2.30 bits per heavy atom. The zero-order valence-corrected chi connectivity index (χ0v) is 21.2. The van der Waals surface area contributed by atoms with Gasteiger partial charge < -0.3 is 14.8 Å². The third kappa shape index (κ3) is 5.01. The fraction of sp³-hybridized carbons (Fsp3) is 0.571. The molecule has 0 amide bonds. The van der Waals surface area contributed by atoms with Crippen molar-refractivity contribution in [2.45, 2.75) is 71.6 Å². The van der Waals surface area contributed by atoms with Gasteiger partial charge in [0.05, 0.1) is 11.6 Å². The quantitative estimate of drug-likeness (QED) is 0.393. The Kier molecular flexibility index (Phi) is 6.84. The number of nitrogens with one attached hydrogen (secondary N) is 1. The minimum atomic E-state index is 0.390. The first-order valence-corrected chi connectivity index (χ1v) is 13.3. The van der Waals surface area contributed by atoms with Crippen LogP contribution in [0.25, 0.3) is 0 Å². The van der Waals surface area contributed by atoms with Crippen LogP contribution >= 0.6 is 23.2 Å². The Bertz CT molecular complexity index is 957. The van der Waals surface area contributed by atoms with Crippen molar-refractivity contribution in [3.05, 3.63) is 57.6 Å². The standard InChI is InChI=1S/C28H35Cl2NO2/c1-3-32-26-12-23(11-25(30)27(26)33-17-19-5-4-6-24(29)10-19)16-31-18(2)28-13-20-7-21(14-28)9-22(8-20)15-28/h4-6,10-12,18,20-22,31H,3,7-9,13-17H2,1-2H3. The summed E-state index contributed by atoms with van der Waals surface area (Å²) in [6.07, 6.45) is 8.68. The highest BCUT2D eigenvalue weighted by atomic mass is 35.5. The lowest BCUT2D eigenvalue weighted by atomic mass is 9.48. The fourth-order valence-electron chi connectivity index (χ4n) is 7.10.